The molecular formula is C23H24N6O2S. The maximum absolute atomic E-state index is 13.1. The molecule has 0 bridgehead atoms. The summed E-state index contributed by atoms with van der Waals surface area (Å²) < 4.78 is 7.23. The topological polar surface area (TPSA) is 80.3 Å². The average Bonchev–Trinajstić information content (AvgIpc) is 3.61. The molecule has 3 aromatic heterocycles. The Morgan fingerprint density at radius 2 is 1.91 bits per heavy atom. The van der Waals surface area contributed by atoms with Crippen LogP contribution in [-0.4, -0.2) is 68.1 Å². The van der Waals surface area contributed by atoms with Crippen molar-refractivity contribution in [3.05, 3.63) is 72.0 Å². The van der Waals surface area contributed by atoms with E-state index < -0.39 is 0 Å². The molecule has 32 heavy (non-hydrogen) atoms. The Morgan fingerprint density at radius 1 is 1.06 bits per heavy atom. The highest BCUT2D eigenvalue weighted by atomic mass is 32.1. The molecule has 4 heterocycles. The smallest absolute Gasteiger partial charge is 0.272 e. The summed E-state index contributed by atoms with van der Waals surface area (Å²) in [6.07, 6.45) is 5.05. The van der Waals surface area contributed by atoms with Crippen LogP contribution in [0.4, 0.5) is 0 Å². The number of carbonyl (C=O) groups is 1. The van der Waals surface area contributed by atoms with Gasteiger partial charge in [-0.2, -0.15) is 4.98 Å². The van der Waals surface area contributed by atoms with Gasteiger partial charge < -0.3 is 9.42 Å². The third-order valence-corrected chi connectivity index (χ3v) is 6.49. The van der Waals surface area contributed by atoms with Gasteiger partial charge in [0.25, 0.3) is 5.91 Å². The SMILES string of the molecule is O=C(c1cncn1-c1ccccc1)N1CCN(CCCc2nc(-c3cccs3)no2)CC1. The Bertz CT molecular complexity index is 1150. The van der Waals surface area contributed by atoms with Crippen LogP contribution in [0.25, 0.3) is 16.4 Å². The van der Waals surface area contributed by atoms with Crippen molar-refractivity contribution in [3.8, 4) is 16.4 Å². The fourth-order valence-electron chi connectivity index (χ4n) is 3.90. The number of imidazole rings is 1. The molecule has 0 aliphatic carbocycles. The van der Waals surface area contributed by atoms with Crippen LogP contribution in [0.3, 0.4) is 0 Å². The summed E-state index contributed by atoms with van der Waals surface area (Å²) in [6, 6.07) is 13.8. The number of piperazine rings is 1. The molecule has 4 aromatic rings. The second-order valence-corrected chi connectivity index (χ2v) is 8.66. The summed E-state index contributed by atoms with van der Waals surface area (Å²) in [6.45, 7) is 4.08. The number of nitrogens with zero attached hydrogens (tertiary/aromatic N) is 6. The molecule has 5 rings (SSSR count). The number of para-hydroxylation sites is 1. The number of aryl methyl sites for hydroxylation is 1. The molecule has 1 fully saturated rings. The minimum Gasteiger partial charge on any atom is -0.339 e. The maximum Gasteiger partial charge on any atom is 0.272 e. The van der Waals surface area contributed by atoms with Crippen molar-refractivity contribution < 1.29 is 9.32 Å². The highest BCUT2D eigenvalue weighted by Crippen LogP contribution is 2.21. The fraction of sp³-hybridized carbons (Fsp3) is 0.304. The Labute approximate surface area is 190 Å². The predicted octanol–water partition coefficient (Wildman–Crippen LogP) is 3.37. The monoisotopic (exact) mass is 448 g/mol. The van der Waals surface area contributed by atoms with Crippen LogP contribution in [0.2, 0.25) is 0 Å². The zero-order valence-electron chi connectivity index (χ0n) is 17.6. The lowest BCUT2D eigenvalue weighted by molar-refractivity contribution is 0.0627. The van der Waals surface area contributed by atoms with Crippen molar-refractivity contribution in [2.45, 2.75) is 12.8 Å². The Kier molecular flexibility index (Phi) is 6.09. The normalized spacial score (nSPS) is 14.7. The number of aromatic nitrogens is 4. The van der Waals surface area contributed by atoms with Crippen LogP contribution in [0.1, 0.15) is 22.8 Å². The van der Waals surface area contributed by atoms with Crippen molar-refractivity contribution in [1.82, 2.24) is 29.5 Å². The highest BCUT2D eigenvalue weighted by Gasteiger charge is 2.24. The summed E-state index contributed by atoms with van der Waals surface area (Å²) in [5.74, 6) is 1.37. The van der Waals surface area contributed by atoms with E-state index in [1.54, 1.807) is 23.9 Å². The van der Waals surface area contributed by atoms with Gasteiger partial charge in [-0.25, -0.2) is 4.98 Å². The van der Waals surface area contributed by atoms with Crippen molar-refractivity contribution in [1.29, 1.82) is 0 Å². The van der Waals surface area contributed by atoms with Crippen LogP contribution in [0.5, 0.6) is 0 Å². The van der Waals surface area contributed by atoms with Gasteiger partial charge in [0.05, 0.1) is 17.4 Å². The fourth-order valence-corrected chi connectivity index (χ4v) is 4.55. The van der Waals surface area contributed by atoms with Crippen molar-refractivity contribution in [2.24, 2.45) is 0 Å². The van der Waals surface area contributed by atoms with Crippen LogP contribution in [-0.2, 0) is 6.42 Å². The van der Waals surface area contributed by atoms with Gasteiger partial charge in [0.1, 0.15) is 5.69 Å². The van der Waals surface area contributed by atoms with Crippen molar-refractivity contribution in [2.75, 3.05) is 32.7 Å². The summed E-state index contributed by atoms with van der Waals surface area (Å²) in [4.78, 5) is 27.1. The van der Waals surface area contributed by atoms with E-state index in [4.69, 9.17) is 4.52 Å². The summed E-state index contributed by atoms with van der Waals surface area (Å²) in [5.41, 5.74) is 1.54. The first-order valence-electron chi connectivity index (χ1n) is 10.7. The lowest BCUT2D eigenvalue weighted by atomic mass is 10.2. The van der Waals surface area contributed by atoms with Gasteiger partial charge in [0, 0.05) is 38.3 Å². The molecule has 0 N–H and O–H groups in total. The van der Waals surface area contributed by atoms with E-state index in [2.05, 4.69) is 20.0 Å². The second kappa shape index (κ2) is 9.46. The van der Waals surface area contributed by atoms with Crippen molar-refractivity contribution >= 4 is 17.2 Å². The molecule has 0 spiro atoms. The minimum atomic E-state index is 0.0259. The molecule has 9 heteroatoms. The van der Waals surface area contributed by atoms with E-state index in [1.165, 1.54) is 0 Å². The van der Waals surface area contributed by atoms with E-state index in [1.807, 2.05) is 57.3 Å². The molecule has 8 nitrogen and oxygen atoms in total. The summed E-state index contributed by atoms with van der Waals surface area (Å²) >= 11 is 1.61. The van der Waals surface area contributed by atoms with E-state index in [-0.39, 0.29) is 5.91 Å². The van der Waals surface area contributed by atoms with Gasteiger partial charge >= 0.3 is 0 Å². The first-order valence-corrected chi connectivity index (χ1v) is 11.6. The molecular weight excluding hydrogens is 424 g/mol. The largest absolute Gasteiger partial charge is 0.339 e. The quantitative estimate of drug-likeness (QED) is 0.431. The van der Waals surface area contributed by atoms with Gasteiger partial charge in [0.15, 0.2) is 0 Å². The van der Waals surface area contributed by atoms with E-state index in [9.17, 15) is 4.79 Å². The third-order valence-electron chi connectivity index (χ3n) is 5.63. The zero-order valence-corrected chi connectivity index (χ0v) is 18.4. The highest BCUT2D eigenvalue weighted by molar-refractivity contribution is 7.13. The number of rotatable bonds is 7. The van der Waals surface area contributed by atoms with E-state index in [0.29, 0.717) is 30.5 Å². The van der Waals surface area contributed by atoms with E-state index in [0.717, 1.165) is 43.0 Å². The zero-order chi connectivity index (χ0) is 21.8. The first-order chi connectivity index (χ1) is 15.8. The second-order valence-electron chi connectivity index (χ2n) is 7.71. The van der Waals surface area contributed by atoms with Crippen LogP contribution in [0, 0.1) is 0 Å². The van der Waals surface area contributed by atoms with Gasteiger partial charge in [-0.15, -0.1) is 11.3 Å². The molecule has 164 valence electrons. The Morgan fingerprint density at radius 3 is 2.69 bits per heavy atom. The van der Waals surface area contributed by atoms with E-state index >= 15 is 0 Å². The molecule has 1 aliphatic heterocycles. The predicted molar refractivity (Wildman–Crippen MR) is 122 cm³/mol. The molecule has 1 aliphatic rings. The van der Waals surface area contributed by atoms with Gasteiger partial charge in [-0.3, -0.25) is 14.3 Å². The Balaban J connectivity index is 1.10. The summed E-state index contributed by atoms with van der Waals surface area (Å²) in [7, 11) is 0. The van der Waals surface area contributed by atoms with Gasteiger partial charge in [-0.05, 0) is 36.5 Å². The Hall–Kier alpha value is -3.30. The molecule has 0 unspecified atom stereocenters. The molecule has 1 amide bonds. The lowest BCUT2D eigenvalue weighted by Gasteiger charge is -2.34. The molecule has 0 saturated carbocycles. The molecule has 1 aromatic carbocycles. The first kappa shape index (κ1) is 20.6. The lowest BCUT2D eigenvalue weighted by Crippen LogP contribution is -2.49. The van der Waals surface area contributed by atoms with Crippen LogP contribution >= 0.6 is 11.3 Å². The minimum absolute atomic E-state index is 0.0259. The summed E-state index contributed by atoms with van der Waals surface area (Å²) in [5, 5.41) is 6.07. The number of hydrogen-bond donors (Lipinski definition) is 0. The third kappa shape index (κ3) is 4.49. The maximum atomic E-state index is 13.1. The van der Waals surface area contributed by atoms with Crippen LogP contribution < -0.4 is 0 Å². The van der Waals surface area contributed by atoms with Gasteiger partial charge in [-0.1, -0.05) is 29.4 Å². The molecule has 0 radical (unpaired) electrons. The standard InChI is InChI=1S/C23H24N6O2S/c30-23(19-16-24-17-29(19)18-6-2-1-3-7-18)28-13-11-27(12-14-28)10-4-9-21-25-22(26-31-21)20-8-5-15-32-20/h1-3,5-8,15-17H,4,9-14H2. The number of hydrogen-bond acceptors (Lipinski definition) is 7. The average molecular weight is 449 g/mol. The van der Waals surface area contributed by atoms with Gasteiger partial charge in [0.2, 0.25) is 11.7 Å². The van der Waals surface area contributed by atoms with Crippen molar-refractivity contribution in [3.63, 3.8) is 0 Å². The number of benzene rings is 1. The van der Waals surface area contributed by atoms with Crippen LogP contribution in [0.15, 0.2) is 64.9 Å². The number of carbonyl (C=O) groups excluding carboxylic acids is 1. The number of amides is 1. The molecule has 0 atom stereocenters. The molecule has 1 saturated heterocycles. The number of thiophene rings is 1.